The minimum atomic E-state index is 0.344. The van der Waals surface area contributed by atoms with Gasteiger partial charge in [0.15, 0.2) is 5.96 Å². The van der Waals surface area contributed by atoms with Gasteiger partial charge >= 0.3 is 0 Å². The third kappa shape index (κ3) is 5.59. The fraction of sp³-hybridized carbons (Fsp3) is 0.667. The third-order valence-corrected chi connectivity index (χ3v) is 5.37. The number of hydrogen-bond acceptors (Lipinski definition) is 4. The highest BCUT2D eigenvalue weighted by molar-refractivity contribution is 5.80. The number of rotatable bonds is 7. The molecule has 1 aromatic carbocycles. The van der Waals surface area contributed by atoms with E-state index in [1.54, 1.807) is 0 Å². The van der Waals surface area contributed by atoms with Gasteiger partial charge in [0.2, 0.25) is 0 Å². The van der Waals surface area contributed by atoms with Crippen LogP contribution in [0.1, 0.15) is 25.3 Å². The van der Waals surface area contributed by atoms with E-state index in [4.69, 9.17) is 14.5 Å². The number of aliphatic imine (C=N–C) groups is 1. The molecule has 6 nitrogen and oxygen atoms in total. The molecule has 1 atom stereocenters. The molecule has 0 bridgehead atoms. The number of guanidine groups is 1. The van der Waals surface area contributed by atoms with Crippen LogP contribution in [0.5, 0.6) is 5.75 Å². The molecule has 2 aliphatic heterocycles. The van der Waals surface area contributed by atoms with Crippen molar-refractivity contribution >= 4 is 5.96 Å². The zero-order valence-electron chi connectivity index (χ0n) is 17.0. The first-order valence-electron chi connectivity index (χ1n) is 10.1. The standard InChI is InChI=1S/C21H34N4O2/c1-4-22-20(25-10-8-21(16-25)9-12-26-17-21)23-15-18-6-5-7-19(14-18)27-13-11-24(2)3/h5-7,14H,4,8-13,15-17H2,1-3H3,(H,22,23). The Morgan fingerprint density at radius 2 is 2.26 bits per heavy atom. The van der Waals surface area contributed by atoms with Crippen LogP contribution in [0.4, 0.5) is 0 Å². The highest BCUT2D eigenvalue weighted by atomic mass is 16.5. The molecule has 0 saturated carbocycles. The van der Waals surface area contributed by atoms with Crippen LogP contribution < -0.4 is 10.1 Å². The minimum Gasteiger partial charge on any atom is -0.492 e. The summed E-state index contributed by atoms with van der Waals surface area (Å²) in [6, 6.07) is 8.27. The zero-order valence-corrected chi connectivity index (χ0v) is 17.0. The van der Waals surface area contributed by atoms with E-state index in [1.807, 2.05) is 12.1 Å². The maximum absolute atomic E-state index is 5.84. The fourth-order valence-corrected chi connectivity index (χ4v) is 3.76. The Bertz CT molecular complexity index is 626. The van der Waals surface area contributed by atoms with E-state index in [0.29, 0.717) is 18.6 Å². The number of hydrogen-bond donors (Lipinski definition) is 1. The third-order valence-electron chi connectivity index (χ3n) is 5.37. The summed E-state index contributed by atoms with van der Waals surface area (Å²) in [7, 11) is 4.11. The quantitative estimate of drug-likeness (QED) is 0.586. The lowest BCUT2D eigenvalue weighted by Crippen LogP contribution is -2.41. The van der Waals surface area contributed by atoms with Gasteiger partial charge < -0.3 is 24.6 Å². The van der Waals surface area contributed by atoms with Crippen molar-refractivity contribution in [2.45, 2.75) is 26.3 Å². The van der Waals surface area contributed by atoms with E-state index in [-0.39, 0.29) is 0 Å². The molecular formula is C21H34N4O2. The van der Waals surface area contributed by atoms with Crippen molar-refractivity contribution < 1.29 is 9.47 Å². The highest BCUT2D eigenvalue weighted by Gasteiger charge is 2.42. The first-order chi connectivity index (χ1) is 13.1. The summed E-state index contributed by atoms with van der Waals surface area (Å²) in [4.78, 5) is 9.42. The SMILES string of the molecule is CCNC(=NCc1cccc(OCCN(C)C)c1)N1CCC2(CCOC2)C1. The summed E-state index contributed by atoms with van der Waals surface area (Å²) in [5, 5.41) is 3.46. The molecule has 2 saturated heterocycles. The van der Waals surface area contributed by atoms with Gasteiger partial charge in [-0.3, -0.25) is 0 Å². The number of nitrogens with one attached hydrogen (secondary N) is 1. The maximum Gasteiger partial charge on any atom is 0.194 e. The molecule has 3 rings (SSSR count). The van der Waals surface area contributed by atoms with Crippen molar-refractivity contribution in [2.75, 3.05) is 60.1 Å². The van der Waals surface area contributed by atoms with Crippen molar-refractivity contribution in [3.05, 3.63) is 29.8 Å². The molecule has 6 heteroatoms. The van der Waals surface area contributed by atoms with Crippen molar-refractivity contribution in [1.82, 2.24) is 15.1 Å². The molecule has 150 valence electrons. The Labute approximate surface area is 163 Å². The Morgan fingerprint density at radius 3 is 3.00 bits per heavy atom. The number of benzene rings is 1. The topological polar surface area (TPSA) is 49.3 Å². The molecule has 1 spiro atoms. The zero-order chi connectivity index (χ0) is 19.1. The summed E-state index contributed by atoms with van der Waals surface area (Å²) in [6.07, 6.45) is 2.38. The number of ether oxygens (including phenoxy) is 2. The number of likely N-dealkylation sites (tertiary alicyclic amines) is 1. The lowest BCUT2D eigenvalue weighted by Gasteiger charge is -2.25. The normalized spacial score (nSPS) is 22.8. The molecule has 2 heterocycles. The van der Waals surface area contributed by atoms with Crippen molar-refractivity contribution in [2.24, 2.45) is 10.4 Å². The van der Waals surface area contributed by atoms with Crippen LogP contribution in [0.2, 0.25) is 0 Å². The average Bonchev–Trinajstić information content (AvgIpc) is 3.29. The van der Waals surface area contributed by atoms with Gasteiger partial charge in [0.25, 0.3) is 0 Å². The van der Waals surface area contributed by atoms with Gasteiger partial charge in [-0.05, 0) is 51.6 Å². The van der Waals surface area contributed by atoms with Gasteiger partial charge in [0.05, 0.1) is 13.2 Å². The second kappa shape index (κ2) is 9.42. The number of nitrogens with zero attached hydrogens (tertiary/aromatic N) is 3. The molecule has 1 N–H and O–H groups in total. The summed E-state index contributed by atoms with van der Waals surface area (Å²) < 4.78 is 11.5. The van der Waals surface area contributed by atoms with Crippen LogP contribution in [0.15, 0.2) is 29.3 Å². The molecule has 1 aromatic rings. The first kappa shape index (κ1) is 20.0. The second-order valence-corrected chi connectivity index (χ2v) is 7.94. The van der Waals surface area contributed by atoms with E-state index >= 15 is 0 Å². The molecule has 0 radical (unpaired) electrons. The summed E-state index contributed by atoms with van der Waals surface area (Å²) in [6.45, 7) is 9.18. The van der Waals surface area contributed by atoms with E-state index < -0.39 is 0 Å². The second-order valence-electron chi connectivity index (χ2n) is 7.94. The fourth-order valence-electron chi connectivity index (χ4n) is 3.76. The predicted molar refractivity (Wildman–Crippen MR) is 109 cm³/mol. The lowest BCUT2D eigenvalue weighted by molar-refractivity contribution is 0.156. The summed E-state index contributed by atoms with van der Waals surface area (Å²) in [5.41, 5.74) is 1.52. The minimum absolute atomic E-state index is 0.344. The van der Waals surface area contributed by atoms with Crippen molar-refractivity contribution in [1.29, 1.82) is 0 Å². The average molecular weight is 375 g/mol. The van der Waals surface area contributed by atoms with Crippen LogP contribution >= 0.6 is 0 Å². The van der Waals surface area contributed by atoms with Gasteiger partial charge in [0.1, 0.15) is 12.4 Å². The van der Waals surface area contributed by atoms with E-state index in [2.05, 4.69) is 48.3 Å². The Morgan fingerprint density at radius 1 is 1.37 bits per heavy atom. The Balaban J connectivity index is 1.60. The summed E-state index contributed by atoms with van der Waals surface area (Å²) >= 11 is 0. The van der Waals surface area contributed by atoms with Crippen LogP contribution in [-0.4, -0.2) is 75.9 Å². The van der Waals surface area contributed by atoms with E-state index in [0.717, 1.165) is 51.1 Å². The van der Waals surface area contributed by atoms with Gasteiger partial charge in [-0.15, -0.1) is 0 Å². The molecule has 0 aromatic heterocycles. The monoisotopic (exact) mass is 374 g/mol. The molecular weight excluding hydrogens is 340 g/mol. The van der Waals surface area contributed by atoms with Crippen molar-refractivity contribution in [3.63, 3.8) is 0 Å². The largest absolute Gasteiger partial charge is 0.492 e. The molecule has 2 aliphatic rings. The van der Waals surface area contributed by atoms with Crippen LogP contribution in [0.25, 0.3) is 0 Å². The highest BCUT2D eigenvalue weighted by Crippen LogP contribution is 2.38. The van der Waals surface area contributed by atoms with Crippen LogP contribution in [0.3, 0.4) is 0 Å². The molecule has 1 unspecified atom stereocenters. The van der Waals surface area contributed by atoms with Gasteiger partial charge in [0, 0.05) is 38.2 Å². The van der Waals surface area contributed by atoms with Gasteiger partial charge in [-0.2, -0.15) is 0 Å². The molecule has 2 fully saturated rings. The van der Waals surface area contributed by atoms with E-state index in [9.17, 15) is 0 Å². The van der Waals surface area contributed by atoms with Gasteiger partial charge in [-0.1, -0.05) is 12.1 Å². The smallest absolute Gasteiger partial charge is 0.194 e. The molecule has 0 aliphatic carbocycles. The molecule has 27 heavy (non-hydrogen) atoms. The van der Waals surface area contributed by atoms with Crippen molar-refractivity contribution in [3.8, 4) is 5.75 Å². The summed E-state index contributed by atoms with van der Waals surface area (Å²) in [5.74, 6) is 1.93. The predicted octanol–water partition coefficient (Wildman–Crippen LogP) is 2.20. The Hall–Kier alpha value is -1.79. The van der Waals surface area contributed by atoms with Gasteiger partial charge in [-0.25, -0.2) is 4.99 Å². The molecule has 0 amide bonds. The first-order valence-corrected chi connectivity index (χ1v) is 10.1. The lowest BCUT2D eigenvalue weighted by atomic mass is 9.87. The van der Waals surface area contributed by atoms with Crippen LogP contribution in [0, 0.1) is 5.41 Å². The van der Waals surface area contributed by atoms with Crippen LogP contribution in [-0.2, 0) is 11.3 Å². The van der Waals surface area contributed by atoms with E-state index in [1.165, 1.54) is 18.4 Å². The number of likely N-dealkylation sites (N-methyl/N-ethyl adjacent to an activating group) is 1. The maximum atomic E-state index is 5.84. The Kier molecular flexibility index (Phi) is 6.96.